The lowest BCUT2D eigenvalue weighted by atomic mass is 9.96. The van der Waals surface area contributed by atoms with Gasteiger partial charge in [-0.15, -0.1) is 10.2 Å². The third-order valence-corrected chi connectivity index (χ3v) is 5.27. The number of amides is 2. The van der Waals surface area contributed by atoms with Crippen molar-refractivity contribution >= 4 is 23.5 Å². The van der Waals surface area contributed by atoms with Gasteiger partial charge in [-0.05, 0) is 44.7 Å². The first-order valence-electron chi connectivity index (χ1n) is 10.1. The summed E-state index contributed by atoms with van der Waals surface area (Å²) in [6.45, 7) is 6.73. The fraction of sp³-hybridized carbons (Fsp3) is 0.684. The highest BCUT2D eigenvalue weighted by Gasteiger charge is 2.26. The number of carbonyl (C=O) groups is 2. The molecule has 0 atom stereocenters. The van der Waals surface area contributed by atoms with Gasteiger partial charge in [0.1, 0.15) is 5.82 Å². The van der Waals surface area contributed by atoms with E-state index in [4.69, 9.17) is 0 Å². The summed E-state index contributed by atoms with van der Waals surface area (Å²) in [5, 5.41) is 14.6. The van der Waals surface area contributed by atoms with Crippen molar-refractivity contribution in [2.45, 2.75) is 39.0 Å². The highest BCUT2D eigenvalue weighted by molar-refractivity contribution is 5.79. The Hall–Kier alpha value is -2.38. The molecule has 2 aliphatic rings. The van der Waals surface area contributed by atoms with E-state index in [-0.39, 0.29) is 17.7 Å². The van der Waals surface area contributed by atoms with Gasteiger partial charge < -0.3 is 20.4 Å². The van der Waals surface area contributed by atoms with E-state index in [0.29, 0.717) is 13.0 Å². The molecule has 2 aliphatic heterocycles. The summed E-state index contributed by atoms with van der Waals surface area (Å²) in [7, 11) is 0. The molecule has 0 radical (unpaired) electrons. The van der Waals surface area contributed by atoms with Crippen molar-refractivity contribution in [1.29, 1.82) is 0 Å². The van der Waals surface area contributed by atoms with Crippen molar-refractivity contribution in [2.75, 3.05) is 49.5 Å². The van der Waals surface area contributed by atoms with Gasteiger partial charge in [-0.3, -0.25) is 9.59 Å². The van der Waals surface area contributed by atoms with E-state index in [9.17, 15) is 9.59 Å². The van der Waals surface area contributed by atoms with Crippen LogP contribution in [-0.4, -0.2) is 66.2 Å². The number of likely N-dealkylation sites (tertiary alicyclic amines) is 1. The van der Waals surface area contributed by atoms with Gasteiger partial charge in [0.05, 0.1) is 0 Å². The zero-order chi connectivity index (χ0) is 19.1. The molecule has 0 unspecified atom stereocenters. The predicted octanol–water partition coefficient (Wildman–Crippen LogP) is 1.25. The topological polar surface area (TPSA) is 90.5 Å². The van der Waals surface area contributed by atoms with E-state index in [1.54, 1.807) is 0 Å². The molecule has 8 nitrogen and oxygen atoms in total. The van der Waals surface area contributed by atoms with Crippen LogP contribution in [0.1, 0.15) is 39.0 Å². The number of anilines is 2. The highest BCUT2D eigenvalue weighted by Crippen LogP contribution is 2.22. The van der Waals surface area contributed by atoms with Crippen LogP contribution in [0.3, 0.4) is 0 Å². The zero-order valence-corrected chi connectivity index (χ0v) is 16.1. The lowest BCUT2D eigenvalue weighted by Crippen LogP contribution is -2.41. The normalized spacial score (nSPS) is 18.0. The molecule has 148 valence electrons. The Balaban J connectivity index is 1.35. The first-order valence-corrected chi connectivity index (χ1v) is 10.1. The summed E-state index contributed by atoms with van der Waals surface area (Å²) < 4.78 is 0. The second-order valence-corrected chi connectivity index (χ2v) is 7.20. The Morgan fingerprint density at radius 2 is 2.04 bits per heavy atom. The average molecular weight is 374 g/mol. The Morgan fingerprint density at radius 3 is 2.67 bits per heavy atom. The van der Waals surface area contributed by atoms with E-state index < -0.39 is 0 Å². The van der Waals surface area contributed by atoms with E-state index in [1.807, 2.05) is 24.0 Å². The first kappa shape index (κ1) is 19.4. The second-order valence-electron chi connectivity index (χ2n) is 7.20. The van der Waals surface area contributed by atoms with Gasteiger partial charge in [-0.1, -0.05) is 0 Å². The molecule has 3 heterocycles. The maximum Gasteiger partial charge on any atom is 0.223 e. The predicted molar refractivity (Wildman–Crippen MR) is 105 cm³/mol. The molecule has 0 spiro atoms. The number of nitrogens with one attached hydrogen (secondary N) is 2. The smallest absolute Gasteiger partial charge is 0.223 e. The third kappa shape index (κ3) is 5.30. The van der Waals surface area contributed by atoms with Gasteiger partial charge >= 0.3 is 0 Å². The fourth-order valence-electron chi connectivity index (χ4n) is 3.71. The summed E-state index contributed by atoms with van der Waals surface area (Å²) in [6.07, 6.45) is 4.11. The van der Waals surface area contributed by atoms with E-state index in [2.05, 4.69) is 25.7 Å². The quantitative estimate of drug-likeness (QED) is 0.666. The fourth-order valence-corrected chi connectivity index (χ4v) is 3.71. The molecule has 8 heteroatoms. The summed E-state index contributed by atoms with van der Waals surface area (Å²) in [6, 6.07) is 3.92. The van der Waals surface area contributed by atoms with Gasteiger partial charge in [0, 0.05) is 51.6 Å². The molecule has 2 amide bonds. The van der Waals surface area contributed by atoms with Crippen molar-refractivity contribution in [3.05, 3.63) is 12.1 Å². The van der Waals surface area contributed by atoms with Gasteiger partial charge in [0.15, 0.2) is 5.82 Å². The molecular formula is C19H30N6O2. The molecule has 0 saturated carbocycles. The second kappa shape index (κ2) is 9.53. The van der Waals surface area contributed by atoms with Crippen LogP contribution in [0.4, 0.5) is 11.6 Å². The third-order valence-electron chi connectivity index (χ3n) is 5.27. The Bertz CT molecular complexity index is 628. The summed E-state index contributed by atoms with van der Waals surface area (Å²) >= 11 is 0. The number of hydrogen-bond donors (Lipinski definition) is 2. The van der Waals surface area contributed by atoms with E-state index in [0.717, 1.165) is 70.0 Å². The van der Waals surface area contributed by atoms with Crippen molar-refractivity contribution in [1.82, 2.24) is 20.4 Å². The van der Waals surface area contributed by atoms with E-state index >= 15 is 0 Å². The number of aromatic nitrogens is 2. The van der Waals surface area contributed by atoms with Crippen LogP contribution >= 0.6 is 0 Å². The average Bonchev–Trinajstić information content (AvgIpc) is 3.11. The molecular weight excluding hydrogens is 344 g/mol. The van der Waals surface area contributed by atoms with Crippen LogP contribution in [0.15, 0.2) is 12.1 Å². The minimum atomic E-state index is 0.0589. The molecule has 0 bridgehead atoms. The van der Waals surface area contributed by atoms with Gasteiger partial charge in [0.25, 0.3) is 0 Å². The minimum absolute atomic E-state index is 0.0589. The molecule has 3 rings (SSSR count). The summed E-state index contributed by atoms with van der Waals surface area (Å²) in [5.74, 6) is 2.09. The molecule has 1 aromatic heterocycles. The van der Waals surface area contributed by atoms with Gasteiger partial charge in [-0.2, -0.15) is 0 Å². The Morgan fingerprint density at radius 1 is 1.22 bits per heavy atom. The largest absolute Gasteiger partial charge is 0.369 e. The van der Waals surface area contributed by atoms with Crippen molar-refractivity contribution in [2.24, 2.45) is 5.92 Å². The number of piperidine rings is 1. The van der Waals surface area contributed by atoms with Crippen LogP contribution in [0.5, 0.6) is 0 Å². The lowest BCUT2D eigenvalue weighted by Gasteiger charge is -2.31. The lowest BCUT2D eigenvalue weighted by molar-refractivity contribution is -0.127. The maximum absolute atomic E-state index is 12.4. The van der Waals surface area contributed by atoms with Crippen molar-refractivity contribution in [3.63, 3.8) is 0 Å². The molecule has 0 aromatic carbocycles. The number of hydrogen-bond acceptors (Lipinski definition) is 6. The molecule has 1 aromatic rings. The molecule has 2 saturated heterocycles. The molecule has 2 fully saturated rings. The molecule has 27 heavy (non-hydrogen) atoms. The SMILES string of the molecule is CCNc1ccc(N2CCC(C(=O)NCCCN3CCCC3=O)CC2)nn1. The number of nitrogens with zero attached hydrogens (tertiary/aromatic N) is 4. The van der Waals surface area contributed by atoms with E-state index in [1.165, 1.54) is 0 Å². The first-order chi connectivity index (χ1) is 13.2. The van der Waals surface area contributed by atoms with Crippen LogP contribution in [-0.2, 0) is 9.59 Å². The van der Waals surface area contributed by atoms with Crippen LogP contribution in [0.25, 0.3) is 0 Å². The number of carbonyl (C=O) groups excluding carboxylic acids is 2. The Kier molecular flexibility index (Phi) is 6.84. The van der Waals surface area contributed by atoms with Crippen LogP contribution in [0, 0.1) is 5.92 Å². The monoisotopic (exact) mass is 374 g/mol. The maximum atomic E-state index is 12.4. The highest BCUT2D eigenvalue weighted by atomic mass is 16.2. The van der Waals surface area contributed by atoms with Gasteiger partial charge in [0.2, 0.25) is 11.8 Å². The summed E-state index contributed by atoms with van der Waals surface area (Å²) in [4.78, 5) is 28.0. The van der Waals surface area contributed by atoms with Crippen LogP contribution < -0.4 is 15.5 Å². The molecule has 2 N–H and O–H groups in total. The molecule has 0 aliphatic carbocycles. The van der Waals surface area contributed by atoms with Crippen LogP contribution in [0.2, 0.25) is 0 Å². The van der Waals surface area contributed by atoms with Crippen molar-refractivity contribution in [3.8, 4) is 0 Å². The van der Waals surface area contributed by atoms with Crippen molar-refractivity contribution < 1.29 is 9.59 Å². The minimum Gasteiger partial charge on any atom is -0.369 e. The summed E-state index contributed by atoms with van der Waals surface area (Å²) in [5.41, 5.74) is 0. The number of rotatable bonds is 8. The zero-order valence-electron chi connectivity index (χ0n) is 16.1. The Labute approximate surface area is 160 Å². The van der Waals surface area contributed by atoms with Gasteiger partial charge in [-0.25, -0.2) is 0 Å². The standard InChI is InChI=1S/C19H30N6O2/c1-2-20-16-6-7-17(23-22-16)24-13-8-15(9-14-24)19(27)21-10-4-12-25-11-3-5-18(25)26/h6-7,15H,2-5,8-14H2,1H3,(H,20,22)(H,21,27).